The van der Waals surface area contributed by atoms with E-state index in [0.717, 1.165) is 24.3 Å². The van der Waals surface area contributed by atoms with Crippen molar-refractivity contribution in [1.29, 1.82) is 5.26 Å². The lowest BCUT2D eigenvalue weighted by atomic mass is 9.95. The summed E-state index contributed by atoms with van der Waals surface area (Å²) in [6, 6.07) is 7.01. The Hall–Kier alpha value is -2.88. The van der Waals surface area contributed by atoms with Crippen molar-refractivity contribution in [3.05, 3.63) is 58.9 Å². The molecule has 0 aliphatic carbocycles. The van der Waals surface area contributed by atoms with Crippen LogP contribution >= 0.6 is 0 Å². The van der Waals surface area contributed by atoms with Crippen LogP contribution in [0.2, 0.25) is 0 Å². The Kier molecular flexibility index (Phi) is 3.87. The molecular weight excluding hydrogens is 302 g/mol. The number of nitrogens with zero attached hydrogens (tertiary/aromatic N) is 1. The van der Waals surface area contributed by atoms with Gasteiger partial charge in [0.1, 0.15) is 5.82 Å². The number of carboxylic acids is 1. The predicted octanol–water partition coefficient (Wildman–Crippen LogP) is 4.08. The SMILES string of the molecule is N#Cc1ccc(-c2ccc(F)cc2C(=O)O)cc1C(F)(F)F. The molecule has 1 N–H and O–H groups in total. The van der Waals surface area contributed by atoms with Crippen LogP contribution in [0.15, 0.2) is 36.4 Å². The van der Waals surface area contributed by atoms with Gasteiger partial charge in [0.15, 0.2) is 0 Å². The van der Waals surface area contributed by atoms with Gasteiger partial charge in [0, 0.05) is 0 Å². The topological polar surface area (TPSA) is 61.1 Å². The minimum atomic E-state index is -4.76. The molecule has 2 aromatic rings. The van der Waals surface area contributed by atoms with E-state index in [2.05, 4.69) is 0 Å². The van der Waals surface area contributed by atoms with Gasteiger partial charge in [-0.05, 0) is 35.4 Å². The van der Waals surface area contributed by atoms with Crippen LogP contribution in [0.1, 0.15) is 21.5 Å². The van der Waals surface area contributed by atoms with Crippen molar-refractivity contribution in [2.75, 3.05) is 0 Å². The summed E-state index contributed by atoms with van der Waals surface area (Å²) in [5, 5.41) is 17.8. The van der Waals surface area contributed by atoms with E-state index in [0.29, 0.717) is 6.07 Å². The van der Waals surface area contributed by atoms with Gasteiger partial charge in [0.05, 0.1) is 22.8 Å². The van der Waals surface area contributed by atoms with Gasteiger partial charge in [0.25, 0.3) is 0 Å². The predicted molar refractivity (Wildman–Crippen MR) is 68.5 cm³/mol. The molecule has 0 bridgehead atoms. The number of alkyl halides is 3. The van der Waals surface area contributed by atoms with E-state index in [1.54, 1.807) is 0 Å². The third-order valence-electron chi connectivity index (χ3n) is 2.97. The average Bonchev–Trinajstić information content (AvgIpc) is 2.45. The molecule has 3 nitrogen and oxygen atoms in total. The first-order chi connectivity index (χ1) is 10.2. The van der Waals surface area contributed by atoms with Crippen molar-refractivity contribution in [3.8, 4) is 17.2 Å². The first-order valence-corrected chi connectivity index (χ1v) is 5.88. The lowest BCUT2D eigenvalue weighted by molar-refractivity contribution is -0.137. The van der Waals surface area contributed by atoms with Crippen LogP contribution < -0.4 is 0 Å². The Bertz CT molecular complexity index is 791. The maximum absolute atomic E-state index is 13.1. The lowest BCUT2D eigenvalue weighted by Crippen LogP contribution is -2.08. The standard InChI is InChI=1S/C15H7F4NO2/c16-10-3-4-11(12(6-10)14(21)22)8-1-2-9(7-20)13(5-8)15(17,18)19/h1-6H,(H,21,22). The zero-order valence-corrected chi connectivity index (χ0v) is 10.8. The lowest BCUT2D eigenvalue weighted by Gasteiger charge is -2.12. The van der Waals surface area contributed by atoms with Gasteiger partial charge in [0.2, 0.25) is 0 Å². The van der Waals surface area contributed by atoms with Crippen molar-refractivity contribution in [3.63, 3.8) is 0 Å². The molecule has 7 heteroatoms. The molecule has 0 fully saturated rings. The van der Waals surface area contributed by atoms with Gasteiger partial charge in [-0.25, -0.2) is 9.18 Å². The summed E-state index contributed by atoms with van der Waals surface area (Å²) >= 11 is 0. The van der Waals surface area contributed by atoms with Crippen LogP contribution in [-0.2, 0) is 6.18 Å². The smallest absolute Gasteiger partial charge is 0.417 e. The highest BCUT2D eigenvalue weighted by molar-refractivity contribution is 5.96. The first-order valence-electron chi connectivity index (χ1n) is 5.88. The maximum atomic E-state index is 13.1. The zero-order valence-electron chi connectivity index (χ0n) is 10.8. The summed E-state index contributed by atoms with van der Waals surface area (Å²) in [5.74, 6) is -2.28. The molecule has 0 amide bonds. The van der Waals surface area contributed by atoms with Crippen LogP contribution in [0.25, 0.3) is 11.1 Å². The third-order valence-corrected chi connectivity index (χ3v) is 2.97. The van der Waals surface area contributed by atoms with Crippen molar-refractivity contribution < 1.29 is 27.5 Å². The molecular formula is C15H7F4NO2. The Labute approximate surface area is 122 Å². The molecule has 0 saturated carbocycles. The Morgan fingerprint density at radius 1 is 1.14 bits per heavy atom. The fourth-order valence-corrected chi connectivity index (χ4v) is 1.99. The number of nitriles is 1. The van der Waals surface area contributed by atoms with Crippen LogP contribution in [0, 0.1) is 17.1 Å². The van der Waals surface area contributed by atoms with Gasteiger partial charge in [-0.2, -0.15) is 18.4 Å². The number of rotatable bonds is 2. The van der Waals surface area contributed by atoms with Crippen LogP contribution in [0.5, 0.6) is 0 Å². The Morgan fingerprint density at radius 3 is 2.36 bits per heavy atom. The number of aromatic carboxylic acids is 1. The van der Waals surface area contributed by atoms with Gasteiger partial charge >= 0.3 is 12.1 Å². The first kappa shape index (κ1) is 15.5. The molecule has 0 spiro atoms. The average molecular weight is 309 g/mol. The molecule has 2 aromatic carbocycles. The quantitative estimate of drug-likeness (QED) is 0.850. The minimum Gasteiger partial charge on any atom is -0.478 e. The summed E-state index contributed by atoms with van der Waals surface area (Å²) in [4.78, 5) is 11.1. The molecule has 0 atom stereocenters. The summed E-state index contributed by atoms with van der Waals surface area (Å²) in [6.07, 6.45) is -4.76. The summed E-state index contributed by atoms with van der Waals surface area (Å²) in [7, 11) is 0. The van der Waals surface area contributed by atoms with Crippen molar-refractivity contribution in [2.45, 2.75) is 6.18 Å². The van der Waals surface area contributed by atoms with Gasteiger partial charge < -0.3 is 5.11 Å². The molecule has 0 heterocycles. The number of halogens is 4. The highest BCUT2D eigenvalue weighted by atomic mass is 19.4. The van der Waals surface area contributed by atoms with Crippen LogP contribution in [0.3, 0.4) is 0 Å². The molecule has 2 rings (SSSR count). The van der Waals surface area contributed by atoms with Crippen molar-refractivity contribution in [2.24, 2.45) is 0 Å². The maximum Gasteiger partial charge on any atom is 0.417 e. The molecule has 0 aliphatic heterocycles. The van der Waals surface area contributed by atoms with Crippen molar-refractivity contribution >= 4 is 5.97 Å². The number of benzene rings is 2. The molecule has 0 aliphatic rings. The molecule has 0 aromatic heterocycles. The van der Waals surface area contributed by atoms with E-state index in [9.17, 15) is 22.4 Å². The summed E-state index contributed by atoms with van der Waals surface area (Å²) in [6.45, 7) is 0. The monoisotopic (exact) mass is 309 g/mol. The normalized spacial score (nSPS) is 11.0. The zero-order chi connectivity index (χ0) is 16.5. The van der Waals surface area contributed by atoms with E-state index in [-0.39, 0.29) is 11.1 Å². The summed E-state index contributed by atoms with van der Waals surface area (Å²) in [5.41, 5.74) is -2.34. The summed E-state index contributed by atoms with van der Waals surface area (Å²) < 4.78 is 51.9. The number of hydrogen-bond donors (Lipinski definition) is 1. The molecule has 0 saturated heterocycles. The second-order valence-corrected chi connectivity index (χ2v) is 4.36. The van der Waals surface area contributed by atoms with E-state index in [4.69, 9.17) is 10.4 Å². The Balaban J connectivity index is 2.70. The third kappa shape index (κ3) is 2.91. The van der Waals surface area contributed by atoms with Gasteiger partial charge in [-0.1, -0.05) is 12.1 Å². The largest absolute Gasteiger partial charge is 0.478 e. The molecule has 22 heavy (non-hydrogen) atoms. The molecule has 112 valence electrons. The van der Waals surface area contributed by atoms with Gasteiger partial charge in [-0.15, -0.1) is 0 Å². The number of carbonyl (C=O) groups is 1. The van der Waals surface area contributed by atoms with E-state index in [1.165, 1.54) is 12.1 Å². The fraction of sp³-hybridized carbons (Fsp3) is 0.0667. The highest BCUT2D eigenvalue weighted by Gasteiger charge is 2.34. The number of carboxylic acid groups (broad SMARTS) is 1. The number of hydrogen-bond acceptors (Lipinski definition) is 2. The van der Waals surface area contributed by atoms with Crippen LogP contribution in [0.4, 0.5) is 17.6 Å². The Morgan fingerprint density at radius 2 is 1.82 bits per heavy atom. The van der Waals surface area contributed by atoms with E-state index in [1.807, 2.05) is 0 Å². The highest BCUT2D eigenvalue weighted by Crippen LogP contribution is 2.35. The van der Waals surface area contributed by atoms with Crippen LogP contribution in [-0.4, -0.2) is 11.1 Å². The molecule has 0 radical (unpaired) electrons. The second kappa shape index (κ2) is 5.48. The minimum absolute atomic E-state index is 0.0658. The molecule has 0 unspecified atom stereocenters. The van der Waals surface area contributed by atoms with Gasteiger partial charge in [-0.3, -0.25) is 0 Å². The van der Waals surface area contributed by atoms with Crippen molar-refractivity contribution in [1.82, 2.24) is 0 Å². The fourth-order valence-electron chi connectivity index (χ4n) is 1.99. The van der Waals surface area contributed by atoms with E-state index >= 15 is 0 Å². The second-order valence-electron chi connectivity index (χ2n) is 4.36. The van der Waals surface area contributed by atoms with E-state index < -0.39 is 34.7 Å².